The first-order valence-corrected chi connectivity index (χ1v) is 6.62. The number of nitro groups is 1. The predicted octanol–water partition coefficient (Wildman–Crippen LogP) is 2.01. The third-order valence-corrected chi connectivity index (χ3v) is 3.07. The van der Waals surface area contributed by atoms with Gasteiger partial charge in [-0.3, -0.25) is 10.1 Å². The van der Waals surface area contributed by atoms with Crippen molar-refractivity contribution in [2.75, 3.05) is 6.61 Å². The highest BCUT2D eigenvalue weighted by molar-refractivity contribution is 7.99. The van der Waals surface area contributed by atoms with Gasteiger partial charge in [0.05, 0.1) is 11.5 Å². The van der Waals surface area contributed by atoms with Crippen molar-refractivity contribution in [2.24, 2.45) is 0 Å². The Bertz CT molecular complexity index is 687. The zero-order valence-electron chi connectivity index (χ0n) is 11.1. The lowest BCUT2D eigenvalue weighted by Gasteiger charge is -1.99. The second kappa shape index (κ2) is 6.31. The fraction of sp³-hybridized carbons (Fsp3) is 0.273. The van der Waals surface area contributed by atoms with E-state index in [9.17, 15) is 14.9 Å². The summed E-state index contributed by atoms with van der Waals surface area (Å²) in [6.45, 7) is 3.43. The number of nitrogens with zero attached hydrogens (tertiary/aromatic N) is 4. The van der Waals surface area contributed by atoms with Gasteiger partial charge in [0, 0.05) is 17.8 Å². The second-order valence-electron chi connectivity index (χ2n) is 3.76. The molecule has 0 amide bonds. The van der Waals surface area contributed by atoms with Crippen molar-refractivity contribution in [3.8, 4) is 0 Å². The standard InChI is InChI=1S/C11H10N4O5S/c1-3-19-10(16)9-13-14-11(20-9)21-8-4-7(15(17)18)6(2)5-12-8/h4-5H,3H2,1-2H3. The summed E-state index contributed by atoms with van der Waals surface area (Å²) >= 11 is 0.921. The van der Waals surface area contributed by atoms with Gasteiger partial charge in [-0.05, 0) is 25.6 Å². The monoisotopic (exact) mass is 310 g/mol. The Morgan fingerprint density at radius 3 is 2.95 bits per heavy atom. The Morgan fingerprint density at radius 2 is 2.29 bits per heavy atom. The van der Waals surface area contributed by atoms with Crippen LogP contribution in [0, 0.1) is 17.0 Å². The van der Waals surface area contributed by atoms with Crippen molar-refractivity contribution in [3.05, 3.63) is 33.8 Å². The first-order valence-electron chi connectivity index (χ1n) is 5.80. The first kappa shape index (κ1) is 14.9. The van der Waals surface area contributed by atoms with Crippen LogP contribution in [0.4, 0.5) is 5.69 Å². The summed E-state index contributed by atoms with van der Waals surface area (Å²) in [5.41, 5.74) is 0.389. The van der Waals surface area contributed by atoms with Gasteiger partial charge in [0.2, 0.25) is 0 Å². The maximum absolute atomic E-state index is 11.4. The number of aromatic nitrogens is 3. The minimum absolute atomic E-state index is 0.0451. The number of pyridine rings is 1. The summed E-state index contributed by atoms with van der Waals surface area (Å²) in [5.74, 6) is -0.999. The number of ether oxygens (including phenoxy) is 1. The molecule has 0 saturated heterocycles. The molecular formula is C11H10N4O5S. The molecule has 110 valence electrons. The Balaban J connectivity index is 2.17. The average molecular weight is 310 g/mol. The van der Waals surface area contributed by atoms with Crippen molar-refractivity contribution in [2.45, 2.75) is 24.1 Å². The van der Waals surface area contributed by atoms with Crippen LogP contribution in [-0.2, 0) is 4.74 Å². The number of rotatable bonds is 5. The molecule has 0 aliphatic rings. The van der Waals surface area contributed by atoms with E-state index in [1.54, 1.807) is 13.8 Å². The Morgan fingerprint density at radius 1 is 1.52 bits per heavy atom. The third kappa shape index (κ3) is 3.54. The molecule has 2 heterocycles. The highest BCUT2D eigenvalue weighted by Gasteiger charge is 2.18. The zero-order valence-corrected chi connectivity index (χ0v) is 11.9. The van der Waals surface area contributed by atoms with Crippen LogP contribution < -0.4 is 0 Å². The lowest BCUT2D eigenvalue weighted by Crippen LogP contribution is -2.04. The van der Waals surface area contributed by atoms with E-state index >= 15 is 0 Å². The van der Waals surface area contributed by atoms with Crippen LogP contribution in [0.5, 0.6) is 0 Å². The summed E-state index contributed by atoms with van der Waals surface area (Å²) in [5, 5.41) is 18.4. The van der Waals surface area contributed by atoms with Gasteiger partial charge in [-0.1, -0.05) is 5.10 Å². The SMILES string of the molecule is CCOC(=O)c1nnc(Sc2cc([N+](=O)[O-])c(C)cn2)o1. The van der Waals surface area contributed by atoms with Gasteiger partial charge in [-0.2, -0.15) is 0 Å². The van der Waals surface area contributed by atoms with E-state index in [1.807, 2.05) is 0 Å². The molecule has 0 aromatic carbocycles. The Kier molecular flexibility index (Phi) is 4.48. The number of esters is 1. The van der Waals surface area contributed by atoms with Gasteiger partial charge in [0.15, 0.2) is 0 Å². The third-order valence-electron chi connectivity index (χ3n) is 2.29. The molecule has 0 aliphatic carbocycles. The number of hydrogen-bond acceptors (Lipinski definition) is 9. The van der Waals surface area contributed by atoms with Crippen molar-refractivity contribution >= 4 is 23.4 Å². The summed E-state index contributed by atoms with van der Waals surface area (Å²) in [7, 11) is 0. The van der Waals surface area contributed by atoms with Crippen LogP contribution in [0.1, 0.15) is 23.2 Å². The maximum Gasteiger partial charge on any atom is 0.396 e. The minimum atomic E-state index is -0.723. The van der Waals surface area contributed by atoms with Gasteiger partial charge >= 0.3 is 11.9 Å². The van der Waals surface area contributed by atoms with Crippen LogP contribution in [0.25, 0.3) is 0 Å². The summed E-state index contributed by atoms with van der Waals surface area (Å²) in [4.78, 5) is 25.7. The van der Waals surface area contributed by atoms with E-state index in [0.29, 0.717) is 10.6 Å². The second-order valence-corrected chi connectivity index (χ2v) is 4.73. The molecule has 2 aromatic heterocycles. The molecule has 10 heteroatoms. The zero-order chi connectivity index (χ0) is 15.4. The molecule has 2 aromatic rings. The molecular weight excluding hydrogens is 300 g/mol. The largest absolute Gasteiger partial charge is 0.459 e. The van der Waals surface area contributed by atoms with E-state index in [4.69, 9.17) is 9.15 Å². The topological polar surface area (TPSA) is 121 Å². The molecule has 9 nitrogen and oxygen atoms in total. The highest BCUT2D eigenvalue weighted by Crippen LogP contribution is 2.28. The van der Waals surface area contributed by atoms with E-state index in [-0.39, 0.29) is 23.4 Å². The van der Waals surface area contributed by atoms with Crippen LogP contribution in [0.3, 0.4) is 0 Å². The van der Waals surface area contributed by atoms with Crippen LogP contribution >= 0.6 is 11.8 Å². The maximum atomic E-state index is 11.4. The Labute approximate surface area is 122 Å². The van der Waals surface area contributed by atoms with Crippen LogP contribution in [-0.4, -0.2) is 32.7 Å². The molecule has 0 saturated carbocycles. The van der Waals surface area contributed by atoms with E-state index < -0.39 is 10.9 Å². The van der Waals surface area contributed by atoms with Crippen molar-refractivity contribution < 1.29 is 18.9 Å². The lowest BCUT2D eigenvalue weighted by atomic mass is 10.3. The Hall–Kier alpha value is -2.49. The number of carbonyl (C=O) groups excluding carboxylic acids is 1. The van der Waals surface area contributed by atoms with Gasteiger partial charge in [-0.15, -0.1) is 5.10 Å². The number of hydrogen-bond donors (Lipinski definition) is 0. The molecule has 0 spiro atoms. The fourth-order valence-electron chi connectivity index (χ4n) is 1.36. The molecule has 0 fully saturated rings. The van der Waals surface area contributed by atoms with Crippen molar-refractivity contribution in [3.63, 3.8) is 0 Å². The quantitative estimate of drug-likeness (QED) is 0.463. The summed E-state index contributed by atoms with van der Waals surface area (Å²) < 4.78 is 9.80. The predicted molar refractivity (Wildman–Crippen MR) is 70.0 cm³/mol. The van der Waals surface area contributed by atoms with Crippen LogP contribution in [0.15, 0.2) is 26.9 Å². The van der Waals surface area contributed by atoms with E-state index in [1.165, 1.54) is 12.3 Å². The molecule has 0 bridgehead atoms. The van der Waals surface area contributed by atoms with Crippen molar-refractivity contribution in [1.29, 1.82) is 0 Å². The van der Waals surface area contributed by atoms with E-state index in [2.05, 4.69) is 15.2 Å². The molecule has 0 N–H and O–H groups in total. The van der Waals surface area contributed by atoms with Gasteiger partial charge in [0.25, 0.3) is 10.9 Å². The molecule has 0 radical (unpaired) electrons. The number of aryl methyl sites for hydroxylation is 1. The summed E-state index contributed by atoms with van der Waals surface area (Å²) in [6, 6.07) is 1.30. The molecule has 2 rings (SSSR count). The molecule has 0 atom stereocenters. The van der Waals surface area contributed by atoms with Crippen molar-refractivity contribution in [1.82, 2.24) is 15.2 Å². The average Bonchev–Trinajstić information content (AvgIpc) is 2.89. The van der Waals surface area contributed by atoms with E-state index in [0.717, 1.165) is 11.8 Å². The lowest BCUT2D eigenvalue weighted by molar-refractivity contribution is -0.385. The molecule has 0 aliphatic heterocycles. The molecule has 21 heavy (non-hydrogen) atoms. The van der Waals surface area contributed by atoms with Gasteiger partial charge in [0.1, 0.15) is 5.03 Å². The minimum Gasteiger partial charge on any atom is -0.459 e. The highest BCUT2D eigenvalue weighted by atomic mass is 32.2. The van der Waals surface area contributed by atoms with Gasteiger partial charge in [-0.25, -0.2) is 9.78 Å². The summed E-state index contributed by atoms with van der Waals surface area (Å²) in [6.07, 6.45) is 1.38. The van der Waals surface area contributed by atoms with Crippen LogP contribution in [0.2, 0.25) is 0 Å². The normalized spacial score (nSPS) is 10.4. The van der Waals surface area contributed by atoms with Gasteiger partial charge < -0.3 is 9.15 Å². The smallest absolute Gasteiger partial charge is 0.396 e. The molecule has 0 unspecified atom stereocenters. The number of carbonyl (C=O) groups is 1. The first-order chi connectivity index (χ1) is 10.0. The fourth-order valence-corrected chi connectivity index (χ4v) is 2.02.